The third-order valence-corrected chi connectivity index (χ3v) is 3.79. The first-order valence-electron chi connectivity index (χ1n) is 8.11. The number of carbonyl (C=O) groups is 2. The number of nitrogens with zero attached hydrogens (tertiary/aromatic N) is 1. The summed E-state index contributed by atoms with van der Waals surface area (Å²) in [7, 11) is 0. The van der Waals surface area contributed by atoms with Crippen molar-refractivity contribution in [2.24, 2.45) is 5.92 Å². The first-order chi connectivity index (χ1) is 12.5. The van der Waals surface area contributed by atoms with E-state index >= 15 is 0 Å². The Bertz CT molecular complexity index is 808. The van der Waals surface area contributed by atoms with E-state index in [0.717, 1.165) is 25.0 Å². The highest BCUT2D eigenvalue weighted by Crippen LogP contribution is 2.30. The second kappa shape index (κ2) is 7.90. The Morgan fingerprint density at radius 2 is 2.00 bits per heavy atom. The highest BCUT2D eigenvalue weighted by atomic mass is 19.1. The third-order valence-electron chi connectivity index (χ3n) is 3.79. The van der Waals surface area contributed by atoms with E-state index in [1.54, 1.807) is 6.07 Å². The predicted molar refractivity (Wildman–Crippen MR) is 89.3 cm³/mol. The summed E-state index contributed by atoms with van der Waals surface area (Å²) < 4.78 is 31.5. The van der Waals surface area contributed by atoms with Gasteiger partial charge in [-0.3, -0.25) is 9.59 Å². The first-order valence-corrected chi connectivity index (χ1v) is 8.11. The van der Waals surface area contributed by atoms with Crippen molar-refractivity contribution < 1.29 is 23.1 Å². The molecule has 2 aromatic rings. The van der Waals surface area contributed by atoms with Crippen LogP contribution in [0.2, 0.25) is 0 Å². The standard InChI is InChI=1S/C18H17F2N3O3/c19-13-4-3-12(15(20)7-13)8-21-16(24)10-26-17-6-5-14(9-22-17)23-18(25)11-1-2-11/h3-7,9,11H,1-2,8,10H2,(H,21,24)(H,23,25). The maximum atomic E-state index is 13.5. The van der Waals surface area contributed by atoms with Crippen molar-refractivity contribution in [3.63, 3.8) is 0 Å². The lowest BCUT2D eigenvalue weighted by Crippen LogP contribution is -2.28. The minimum absolute atomic E-state index is 0.0205. The normalized spacial score (nSPS) is 13.2. The molecule has 0 radical (unpaired) electrons. The lowest BCUT2D eigenvalue weighted by molar-refractivity contribution is -0.123. The molecule has 1 aromatic heterocycles. The predicted octanol–water partition coefficient (Wildman–Crippen LogP) is 2.40. The van der Waals surface area contributed by atoms with Crippen molar-refractivity contribution in [1.29, 1.82) is 0 Å². The molecule has 136 valence electrons. The van der Waals surface area contributed by atoms with Crippen molar-refractivity contribution in [2.45, 2.75) is 19.4 Å². The monoisotopic (exact) mass is 361 g/mol. The summed E-state index contributed by atoms with van der Waals surface area (Å²) >= 11 is 0. The van der Waals surface area contributed by atoms with Crippen LogP contribution >= 0.6 is 0 Å². The number of rotatable bonds is 7. The molecule has 1 saturated carbocycles. The van der Waals surface area contributed by atoms with Gasteiger partial charge in [0.15, 0.2) is 6.61 Å². The Kier molecular flexibility index (Phi) is 5.40. The van der Waals surface area contributed by atoms with E-state index in [0.29, 0.717) is 5.69 Å². The summed E-state index contributed by atoms with van der Waals surface area (Å²) in [4.78, 5) is 27.4. The number of carbonyl (C=O) groups excluding carboxylic acids is 2. The lowest BCUT2D eigenvalue weighted by Gasteiger charge is -2.08. The van der Waals surface area contributed by atoms with Crippen molar-refractivity contribution in [2.75, 3.05) is 11.9 Å². The molecular formula is C18H17F2N3O3. The van der Waals surface area contributed by atoms with Gasteiger partial charge in [-0.2, -0.15) is 0 Å². The Hall–Kier alpha value is -3.03. The SMILES string of the molecule is O=C(COc1ccc(NC(=O)C2CC2)cn1)NCc1ccc(F)cc1F. The molecule has 3 rings (SSSR count). The van der Waals surface area contributed by atoms with E-state index in [1.807, 2.05) is 0 Å². The molecule has 1 aromatic carbocycles. The number of hydrogen-bond acceptors (Lipinski definition) is 4. The van der Waals surface area contributed by atoms with Crippen LogP contribution in [0.15, 0.2) is 36.5 Å². The van der Waals surface area contributed by atoms with E-state index in [1.165, 1.54) is 18.3 Å². The minimum atomic E-state index is -0.725. The summed E-state index contributed by atoms with van der Waals surface area (Å²) in [6.07, 6.45) is 3.27. The summed E-state index contributed by atoms with van der Waals surface area (Å²) in [5.41, 5.74) is 0.735. The van der Waals surface area contributed by atoms with Crippen molar-refractivity contribution in [1.82, 2.24) is 10.3 Å². The van der Waals surface area contributed by atoms with Crippen LogP contribution in [0, 0.1) is 17.6 Å². The number of nitrogens with one attached hydrogen (secondary N) is 2. The molecule has 0 saturated heterocycles. The molecule has 6 nitrogen and oxygen atoms in total. The zero-order valence-electron chi connectivity index (χ0n) is 13.8. The van der Waals surface area contributed by atoms with Gasteiger partial charge >= 0.3 is 0 Å². The van der Waals surface area contributed by atoms with Crippen LogP contribution in [0.3, 0.4) is 0 Å². The molecule has 1 aliphatic carbocycles. The summed E-state index contributed by atoms with van der Waals surface area (Å²) in [5.74, 6) is -1.58. The number of aromatic nitrogens is 1. The molecule has 0 aliphatic heterocycles. The molecule has 26 heavy (non-hydrogen) atoms. The number of ether oxygens (including phenoxy) is 1. The van der Waals surface area contributed by atoms with Gasteiger partial charge in [0, 0.05) is 30.2 Å². The van der Waals surface area contributed by atoms with Gasteiger partial charge in [-0.15, -0.1) is 0 Å². The molecule has 2 amide bonds. The van der Waals surface area contributed by atoms with Crippen LogP contribution in [-0.2, 0) is 16.1 Å². The number of hydrogen-bond donors (Lipinski definition) is 2. The molecule has 0 atom stereocenters. The van der Waals surface area contributed by atoms with Crippen LogP contribution in [0.1, 0.15) is 18.4 Å². The van der Waals surface area contributed by atoms with E-state index in [2.05, 4.69) is 15.6 Å². The molecular weight excluding hydrogens is 344 g/mol. The summed E-state index contributed by atoms with van der Waals surface area (Å²) in [5, 5.41) is 5.22. The second-order valence-corrected chi connectivity index (χ2v) is 5.95. The van der Waals surface area contributed by atoms with Gasteiger partial charge in [0.05, 0.1) is 11.9 Å². The van der Waals surface area contributed by atoms with E-state index < -0.39 is 17.5 Å². The zero-order chi connectivity index (χ0) is 18.5. The number of amides is 2. The van der Waals surface area contributed by atoms with Gasteiger partial charge in [0.25, 0.3) is 5.91 Å². The number of halogens is 2. The third kappa shape index (κ3) is 4.98. The fraction of sp³-hybridized carbons (Fsp3) is 0.278. The Morgan fingerprint density at radius 1 is 1.19 bits per heavy atom. The van der Waals surface area contributed by atoms with Crippen LogP contribution in [0.5, 0.6) is 5.88 Å². The number of anilines is 1. The van der Waals surface area contributed by atoms with Crippen LogP contribution in [0.25, 0.3) is 0 Å². The van der Waals surface area contributed by atoms with Crippen molar-refractivity contribution in [3.05, 3.63) is 53.7 Å². The quantitative estimate of drug-likeness (QED) is 0.794. The smallest absolute Gasteiger partial charge is 0.258 e. The Balaban J connectivity index is 1.42. The van der Waals surface area contributed by atoms with Crippen LogP contribution in [0.4, 0.5) is 14.5 Å². The first kappa shape index (κ1) is 17.8. The van der Waals surface area contributed by atoms with Gasteiger partial charge in [-0.05, 0) is 25.0 Å². The van der Waals surface area contributed by atoms with E-state index in [4.69, 9.17) is 4.74 Å². The van der Waals surface area contributed by atoms with Crippen LogP contribution in [-0.4, -0.2) is 23.4 Å². The van der Waals surface area contributed by atoms with Crippen molar-refractivity contribution in [3.8, 4) is 5.88 Å². The highest BCUT2D eigenvalue weighted by Gasteiger charge is 2.29. The molecule has 0 spiro atoms. The van der Waals surface area contributed by atoms with Crippen molar-refractivity contribution >= 4 is 17.5 Å². The van der Waals surface area contributed by atoms with Gasteiger partial charge in [-0.1, -0.05) is 6.07 Å². The fourth-order valence-electron chi connectivity index (χ4n) is 2.18. The van der Waals surface area contributed by atoms with Crippen LogP contribution < -0.4 is 15.4 Å². The average molecular weight is 361 g/mol. The van der Waals surface area contributed by atoms with Gasteiger partial charge in [0.2, 0.25) is 11.8 Å². The molecule has 2 N–H and O–H groups in total. The van der Waals surface area contributed by atoms with Gasteiger partial charge in [0.1, 0.15) is 11.6 Å². The molecule has 8 heteroatoms. The molecule has 0 bridgehead atoms. The summed E-state index contributed by atoms with van der Waals surface area (Å²) in [6, 6.07) is 6.31. The maximum absolute atomic E-state index is 13.5. The molecule has 1 heterocycles. The maximum Gasteiger partial charge on any atom is 0.258 e. The topological polar surface area (TPSA) is 80.3 Å². The fourth-order valence-corrected chi connectivity index (χ4v) is 2.18. The van der Waals surface area contributed by atoms with E-state index in [9.17, 15) is 18.4 Å². The largest absolute Gasteiger partial charge is 0.468 e. The van der Waals surface area contributed by atoms with Gasteiger partial charge < -0.3 is 15.4 Å². The minimum Gasteiger partial charge on any atom is -0.468 e. The number of benzene rings is 1. The zero-order valence-corrected chi connectivity index (χ0v) is 13.8. The molecule has 0 unspecified atom stereocenters. The van der Waals surface area contributed by atoms with Gasteiger partial charge in [-0.25, -0.2) is 13.8 Å². The lowest BCUT2D eigenvalue weighted by atomic mass is 10.2. The molecule has 1 fully saturated rings. The second-order valence-electron chi connectivity index (χ2n) is 5.95. The Labute approximate surface area is 148 Å². The summed E-state index contributed by atoms with van der Waals surface area (Å²) in [6.45, 7) is -0.378. The van der Waals surface area contributed by atoms with E-state index in [-0.39, 0.29) is 36.4 Å². The molecule has 1 aliphatic rings. The number of pyridine rings is 1. The average Bonchev–Trinajstić information content (AvgIpc) is 3.45. The highest BCUT2D eigenvalue weighted by molar-refractivity contribution is 5.93. The Morgan fingerprint density at radius 3 is 2.65 bits per heavy atom.